The van der Waals surface area contributed by atoms with Gasteiger partial charge in [0.2, 0.25) is 0 Å². The Balaban J connectivity index is 4.57. The van der Waals surface area contributed by atoms with Gasteiger partial charge in [0, 0.05) is 19.3 Å². The first-order valence-electron chi connectivity index (χ1n) is 32.0. The second-order valence-electron chi connectivity index (χ2n) is 20.5. The van der Waals surface area contributed by atoms with Crippen LogP contribution in [0.2, 0.25) is 0 Å². The van der Waals surface area contributed by atoms with Gasteiger partial charge >= 0.3 is 17.9 Å². The number of carbonyl (C=O) groups is 3. The number of hydrogen-bond acceptors (Lipinski definition) is 6. The molecule has 0 aliphatic rings. The van der Waals surface area contributed by atoms with Gasteiger partial charge in [-0.05, 0) is 141 Å². The molecular formula is C73H116O6. The van der Waals surface area contributed by atoms with Crippen molar-refractivity contribution >= 4 is 17.9 Å². The molecular weight excluding hydrogens is 973 g/mol. The molecule has 0 aromatic heterocycles. The van der Waals surface area contributed by atoms with Crippen LogP contribution >= 0.6 is 0 Å². The number of ether oxygens (including phenoxy) is 3. The Morgan fingerprint density at radius 2 is 0.506 bits per heavy atom. The highest BCUT2D eigenvalue weighted by molar-refractivity contribution is 5.71. The van der Waals surface area contributed by atoms with Crippen LogP contribution in [0.15, 0.2) is 158 Å². The highest BCUT2D eigenvalue weighted by Crippen LogP contribution is 2.14. The van der Waals surface area contributed by atoms with Crippen molar-refractivity contribution in [3.63, 3.8) is 0 Å². The third-order valence-electron chi connectivity index (χ3n) is 13.0. The van der Waals surface area contributed by atoms with Gasteiger partial charge < -0.3 is 14.2 Å². The van der Waals surface area contributed by atoms with Crippen molar-refractivity contribution in [2.45, 2.75) is 271 Å². The smallest absolute Gasteiger partial charge is 0.306 e. The van der Waals surface area contributed by atoms with E-state index < -0.39 is 6.10 Å². The van der Waals surface area contributed by atoms with E-state index in [4.69, 9.17) is 14.2 Å². The van der Waals surface area contributed by atoms with E-state index in [9.17, 15) is 14.4 Å². The summed E-state index contributed by atoms with van der Waals surface area (Å²) in [5.74, 6) is -1.02. The first-order valence-corrected chi connectivity index (χ1v) is 32.0. The summed E-state index contributed by atoms with van der Waals surface area (Å²) in [6, 6.07) is 0. The lowest BCUT2D eigenvalue weighted by molar-refractivity contribution is -0.167. The number of allylic oxidation sites excluding steroid dienone is 26. The van der Waals surface area contributed by atoms with Gasteiger partial charge in [-0.1, -0.05) is 262 Å². The van der Waals surface area contributed by atoms with E-state index in [1.54, 1.807) is 0 Å². The van der Waals surface area contributed by atoms with Gasteiger partial charge in [0.05, 0.1) is 0 Å². The van der Waals surface area contributed by atoms with E-state index in [-0.39, 0.29) is 44.0 Å². The Labute approximate surface area is 486 Å². The van der Waals surface area contributed by atoms with Crippen molar-refractivity contribution in [2.75, 3.05) is 13.2 Å². The summed E-state index contributed by atoms with van der Waals surface area (Å²) in [6.45, 7) is 6.33. The predicted octanol–water partition coefficient (Wildman–Crippen LogP) is 22.1. The lowest BCUT2D eigenvalue weighted by Crippen LogP contribution is -2.30. The molecule has 0 radical (unpaired) electrons. The third-order valence-corrected chi connectivity index (χ3v) is 13.0. The minimum absolute atomic E-state index is 0.117. The van der Waals surface area contributed by atoms with E-state index in [2.05, 4.69) is 179 Å². The van der Waals surface area contributed by atoms with E-state index >= 15 is 0 Å². The van der Waals surface area contributed by atoms with Crippen LogP contribution in [0.3, 0.4) is 0 Å². The number of rotatable bonds is 56. The maximum absolute atomic E-state index is 12.9. The van der Waals surface area contributed by atoms with Crippen molar-refractivity contribution in [1.82, 2.24) is 0 Å². The Morgan fingerprint density at radius 3 is 0.848 bits per heavy atom. The molecule has 0 aliphatic carbocycles. The molecule has 0 saturated carbocycles. The highest BCUT2D eigenvalue weighted by atomic mass is 16.6. The zero-order chi connectivity index (χ0) is 57.1. The molecule has 0 spiro atoms. The van der Waals surface area contributed by atoms with E-state index in [0.29, 0.717) is 19.3 Å². The topological polar surface area (TPSA) is 78.9 Å². The van der Waals surface area contributed by atoms with Gasteiger partial charge in [0.1, 0.15) is 13.2 Å². The molecule has 1 unspecified atom stereocenters. The van der Waals surface area contributed by atoms with E-state index in [1.807, 2.05) is 0 Å². The average molecular weight is 1090 g/mol. The fourth-order valence-electron chi connectivity index (χ4n) is 8.28. The predicted molar refractivity (Wildman–Crippen MR) is 343 cm³/mol. The van der Waals surface area contributed by atoms with Gasteiger partial charge in [-0.15, -0.1) is 0 Å². The lowest BCUT2D eigenvalue weighted by atomic mass is 10.1. The quantitative estimate of drug-likeness (QED) is 0.0261. The molecule has 444 valence electrons. The van der Waals surface area contributed by atoms with Crippen LogP contribution in [0.1, 0.15) is 265 Å². The number of unbranched alkanes of at least 4 members (excludes halogenated alkanes) is 19. The Hall–Kier alpha value is -4.97. The summed E-state index contributed by atoms with van der Waals surface area (Å²) in [6.07, 6.45) is 95.3. The van der Waals surface area contributed by atoms with Crippen LogP contribution in [0.4, 0.5) is 0 Å². The Bertz CT molecular complexity index is 1780. The molecule has 6 heteroatoms. The zero-order valence-electron chi connectivity index (χ0n) is 50.8. The van der Waals surface area contributed by atoms with Gasteiger partial charge in [-0.2, -0.15) is 0 Å². The number of hydrogen-bond donors (Lipinski definition) is 0. The van der Waals surface area contributed by atoms with Crippen LogP contribution < -0.4 is 0 Å². The van der Waals surface area contributed by atoms with Crippen LogP contribution in [0.5, 0.6) is 0 Å². The standard InChI is InChI=1S/C73H116O6/c1-4-7-10-13-16-19-22-25-28-31-34-35-36-37-40-42-45-48-51-54-57-60-63-66-72(75)78-69-70(79-73(76)67-64-61-58-55-52-49-46-43-39-33-30-27-24-21-18-15-12-9-6-3)68-77-71(74)65-62-59-56-53-50-47-44-41-38-32-29-26-23-20-17-14-11-8-5-2/h7,9-10,12,16,18-19,21,25-30,34-35,37,39-40,43,45,48-49,52,54,57,70H,4-6,8,11,13-15,17,20,22-24,31-33,36,38,41-42,44,46-47,50-51,53,55-56,58-69H2,1-3H3/b10-7-,12-9-,19-16-,21-18-,28-25-,29-26-,30-27-,35-34-,40-37-,43-39-,48-45-,52-49-,57-54-. The van der Waals surface area contributed by atoms with Gasteiger partial charge in [0.25, 0.3) is 0 Å². The molecule has 0 fully saturated rings. The van der Waals surface area contributed by atoms with Crippen molar-refractivity contribution in [3.8, 4) is 0 Å². The van der Waals surface area contributed by atoms with Crippen LogP contribution in [0.25, 0.3) is 0 Å². The molecule has 0 saturated heterocycles. The molecule has 0 aromatic carbocycles. The van der Waals surface area contributed by atoms with Crippen LogP contribution in [-0.2, 0) is 28.6 Å². The number of esters is 3. The molecule has 1 atom stereocenters. The molecule has 0 aromatic rings. The zero-order valence-corrected chi connectivity index (χ0v) is 50.8. The van der Waals surface area contributed by atoms with Crippen molar-refractivity contribution < 1.29 is 28.6 Å². The maximum atomic E-state index is 12.9. The second kappa shape index (κ2) is 65.5. The van der Waals surface area contributed by atoms with Crippen molar-refractivity contribution in [1.29, 1.82) is 0 Å². The van der Waals surface area contributed by atoms with Crippen molar-refractivity contribution in [2.24, 2.45) is 0 Å². The van der Waals surface area contributed by atoms with Gasteiger partial charge in [-0.3, -0.25) is 14.4 Å². The summed E-state index contributed by atoms with van der Waals surface area (Å²) >= 11 is 0. The highest BCUT2D eigenvalue weighted by Gasteiger charge is 2.19. The Morgan fingerprint density at radius 1 is 0.266 bits per heavy atom. The average Bonchev–Trinajstić information content (AvgIpc) is 3.45. The maximum Gasteiger partial charge on any atom is 0.306 e. The second-order valence-corrected chi connectivity index (χ2v) is 20.5. The largest absolute Gasteiger partial charge is 0.462 e. The molecule has 6 nitrogen and oxygen atoms in total. The first kappa shape index (κ1) is 74.0. The molecule has 0 amide bonds. The minimum Gasteiger partial charge on any atom is -0.462 e. The Kier molecular flexibility index (Phi) is 61.4. The van der Waals surface area contributed by atoms with Crippen LogP contribution in [0, 0.1) is 0 Å². The van der Waals surface area contributed by atoms with E-state index in [0.717, 1.165) is 122 Å². The first-order chi connectivity index (χ1) is 39.0. The summed E-state index contributed by atoms with van der Waals surface area (Å²) in [7, 11) is 0. The molecule has 79 heavy (non-hydrogen) atoms. The summed E-state index contributed by atoms with van der Waals surface area (Å²) < 4.78 is 16.9. The van der Waals surface area contributed by atoms with Gasteiger partial charge in [-0.25, -0.2) is 0 Å². The molecule has 0 heterocycles. The number of carbonyl (C=O) groups excluding carboxylic acids is 3. The monoisotopic (exact) mass is 1090 g/mol. The summed E-state index contributed by atoms with van der Waals surface area (Å²) in [5.41, 5.74) is 0. The summed E-state index contributed by atoms with van der Waals surface area (Å²) in [5, 5.41) is 0. The molecule has 0 bridgehead atoms. The van der Waals surface area contributed by atoms with Crippen molar-refractivity contribution in [3.05, 3.63) is 158 Å². The fraction of sp³-hybridized carbons (Fsp3) is 0.603. The lowest BCUT2D eigenvalue weighted by Gasteiger charge is -2.18. The molecule has 0 N–H and O–H groups in total. The SMILES string of the molecule is CC/C=C\C/C=C\C/C=C\C/C=C\C/C=C\C/C=C\C/C=C\CCCC(=O)OCC(COC(=O)CCCCCCCCCCC/C=C\CCCCCCCC)OC(=O)CCCCC/C=C\C/C=C\C/C=C\C/C=C\C/C=C\CC. The molecule has 0 rings (SSSR count). The summed E-state index contributed by atoms with van der Waals surface area (Å²) in [4.78, 5) is 38.3. The normalized spacial score (nSPS) is 13.2. The third kappa shape index (κ3) is 63.7. The van der Waals surface area contributed by atoms with E-state index in [1.165, 1.54) is 89.9 Å². The van der Waals surface area contributed by atoms with Gasteiger partial charge in [0.15, 0.2) is 6.10 Å². The van der Waals surface area contributed by atoms with Crippen LogP contribution in [-0.4, -0.2) is 37.2 Å². The fourth-order valence-corrected chi connectivity index (χ4v) is 8.28. The minimum atomic E-state index is -0.830. The molecule has 0 aliphatic heterocycles.